The Morgan fingerprint density at radius 2 is 0.681 bits per heavy atom. The van der Waals surface area contributed by atoms with Gasteiger partial charge in [-0.05, 0) is 79.9 Å². The van der Waals surface area contributed by atoms with E-state index in [1.807, 2.05) is 0 Å². The molecule has 0 aliphatic heterocycles. The summed E-state index contributed by atoms with van der Waals surface area (Å²) in [6.07, 6.45) is 4.94. The van der Waals surface area contributed by atoms with Gasteiger partial charge in [-0.25, -0.2) is 0 Å². The number of fused-ring (bicyclic) bond motifs is 2. The van der Waals surface area contributed by atoms with E-state index >= 15 is 0 Å². The van der Waals surface area contributed by atoms with Gasteiger partial charge in [0.25, 0.3) is 0 Å². The van der Waals surface area contributed by atoms with Crippen LogP contribution < -0.4 is 0 Å². The predicted octanol–water partition coefficient (Wildman–Crippen LogP) is 8.78. The van der Waals surface area contributed by atoms with Crippen LogP contribution in [0.4, 0.5) is 0 Å². The molecule has 0 saturated heterocycles. The molecule has 8 rings (SSSR count). The number of hydrogen-bond acceptors (Lipinski definition) is 0. The molecular weight excluding hydrogens is 570 g/mol. The number of benzene rings is 6. The quantitative estimate of drug-likeness (QED) is 0.152. The summed E-state index contributed by atoms with van der Waals surface area (Å²) < 4.78 is 0. The zero-order valence-corrected chi connectivity index (χ0v) is 26.9. The van der Waals surface area contributed by atoms with Crippen LogP contribution >= 0.6 is 0 Å². The fourth-order valence-corrected chi connectivity index (χ4v) is 11.2. The van der Waals surface area contributed by atoms with Gasteiger partial charge in [0.1, 0.15) is 0 Å². The molecule has 2 unspecified atom stereocenters. The van der Waals surface area contributed by atoms with Crippen molar-refractivity contribution in [1.82, 2.24) is 0 Å². The van der Waals surface area contributed by atoms with Crippen LogP contribution in [-0.4, -0.2) is 47.2 Å². The van der Waals surface area contributed by atoms with Gasteiger partial charge in [-0.15, -0.1) is 0 Å². The first kappa shape index (κ1) is 33.1. The Bertz CT molecular complexity index is 1870. The first-order chi connectivity index (χ1) is 22.3. The Morgan fingerprint density at radius 3 is 1.06 bits per heavy atom. The third kappa shape index (κ3) is 5.62. The first-order valence-corrected chi connectivity index (χ1v) is 18.2. The Morgan fingerprint density at radius 1 is 0.362 bits per heavy atom. The number of allylic oxidation sites excluding steroid dienone is 2. The molecule has 0 nitrogen and oxygen atoms in total. The molecule has 0 aromatic heterocycles. The average Bonchev–Trinajstić information content (AvgIpc) is 3.64. The standard InChI is InChI=1S/C44H36Si.2Li.2H/c1-5-17-33(18-6-1)41-29-35-21-13-15-27-39(35)43(41,37-23-9-3-10-24-37)31-45-32-44(38-25-11-4-12-26-38)40-28-16-14-22-36(40)30-42(44)34-19-7-2-8-20-34;;;;/h1-30H,31-32,45H2;;;;. The molecule has 0 spiro atoms. The van der Waals surface area contributed by atoms with Crippen molar-refractivity contribution in [3.63, 3.8) is 0 Å². The number of rotatable bonds is 8. The van der Waals surface area contributed by atoms with E-state index in [2.05, 4.69) is 182 Å². The second-order valence-electron chi connectivity index (χ2n) is 12.4. The molecule has 2 atom stereocenters. The van der Waals surface area contributed by atoms with Gasteiger partial charge in [0.2, 0.25) is 0 Å². The van der Waals surface area contributed by atoms with Gasteiger partial charge in [0.15, 0.2) is 0 Å². The molecule has 0 bridgehead atoms. The van der Waals surface area contributed by atoms with Crippen molar-refractivity contribution in [1.29, 1.82) is 0 Å². The van der Waals surface area contributed by atoms with Gasteiger partial charge < -0.3 is 0 Å². The van der Waals surface area contributed by atoms with Gasteiger partial charge in [-0.1, -0.05) is 170 Å². The van der Waals surface area contributed by atoms with E-state index in [9.17, 15) is 0 Å². The SMILES string of the molecule is C1=C(c2ccccc2)C(C[SiH2]CC2(c3ccccc3)C(c3ccccc3)=Cc3ccccc32)(c2ccccc2)c2ccccc21.[LiH].[LiH]. The van der Waals surface area contributed by atoms with Crippen LogP contribution in [0.5, 0.6) is 0 Å². The zero-order valence-electron chi connectivity index (χ0n) is 25.4. The van der Waals surface area contributed by atoms with E-state index in [1.165, 1.54) is 55.7 Å². The summed E-state index contributed by atoms with van der Waals surface area (Å²) in [5.41, 5.74) is 13.5. The summed E-state index contributed by atoms with van der Waals surface area (Å²) >= 11 is 0. The van der Waals surface area contributed by atoms with Crippen LogP contribution in [0.1, 0.15) is 44.5 Å². The van der Waals surface area contributed by atoms with Crippen molar-refractivity contribution in [2.24, 2.45) is 0 Å². The molecule has 2 aliphatic rings. The van der Waals surface area contributed by atoms with Gasteiger partial charge in [-0.3, -0.25) is 0 Å². The van der Waals surface area contributed by atoms with Crippen LogP contribution in [0.2, 0.25) is 12.1 Å². The molecule has 47 heavy (non-hydrogen) atoms. The maximum absolute atomic E-state index is 2.47. The van der Waals surface area contributed by atoms with Gasteiger partial charge in [-0.2, -0.15) is 0 Å². The van der Waals surface area contributed by atoms with E-state index in [0.29, 0.717) is 0 Å². The van der Waals surface area contributed by atoms with Crippen molar-refractivity contribution >= 4 is 70.5 Å². The van der Waals surface area contributed by atoms with E-state index in [4.69, 9.17) is 0 Å². The summed E-state index contributed by atoms with van der Waals surface area (Å²) in [5.74, 6) is 0. The average molecular weight is 609 g/mol. The minimum absolute atomic E-state index is 0. The molecule has 0 saturated carbocycles. The molecule has 220 valence electrons. The summed E-state index contributed by atoms with van der Waals surface area (Å²) in [5, 5.41) is 0. The summed E-state index contributed by atoms with van der Waals surface area (Å²) in [4.78, 5) is 0. The van der Waals surface area contributed by atoms with Crippen LogP contribution in [-0.2, 0) is 10.8 Å². The molecule has 0 heterocycles. The van der Waals surface area contributed by atoms with E-state index < -0.39 is 9.52 Å². The fourth-order valence-electron chi connectivity index (χ4n) is 8.28. The normalized spacial score (nSPS) is 19.2. The van der Waals surface area contributed by atoms with Crippen LogP contribution in [0, 0.1) is 0 Å². The molecule has 6 aromatic carbocycles. The molecular formula is C44H38Li2Si. The predicted molar refractivity (Wildman–Crippen MR) is 208 cm³/mol. The third-order valence-electron chi connectivity index (χ3n) is 10.2. The first-order valence-electron chi connectivity index (χ1n) is 16.2. The Hall–Kier alpha value is -3.79. The van der Waals surface area contributed by atoms with Gasteiger partial charge in [0, 0.05) is 20.3 Å². The Kier molecular flexibility index (Phi) is 9.96. The second kappa shape index (κ2) is 14.1. The van der Waals surface area contributed by atoms with Crippen LogP contribution in [0.25, 0.3) is 23.3 Å². The van der Waals surface area contributed by atoms with Crippen molar-refractivity contribution in [2.45, 2.75) is 22.9 Å². The Labute approximate surface area is 305 Å². The number of hydrogen-bond donors (Lipinski definition) is 0. The molecule has 2 aliphatic carbocycles. The van der Waals surface area contributed by atoms with Crippen molar-refractivity contribution in [3.8, 4) is 0 Å². The van der Waals surface area contributed by atoms with E-state index in [-0.39, 0.29) is 48.6 Å². The maximum atomic E-state index is 2.47. The monoisotopic (exact) mass is 608 g/mol. The Balaban J connectivity index is 0.00000193. The molecule has 6 aromatic rings. The molecule has 0 fully saturated rings. The fraction of sp³-hybridized carbons (Fsp3) is 0.0909. The van der Waals surface area contributed by atoms with E-state index in [0.717, 1.165) is 12.1 Å². The van der Waals surface area contributed by atoms with Gasteiger partial charge in [0.05, 0.1) is 0 Å². The van der Waals surface area contributed by atoms with Gasteiger partial charge >= 0.3 is 37.7 Å². The summed E-state index contributed by atoms with van der Waals surface area (Å²) in [6, 6.07) is 65.3. The topological polar surface area (TPSA) is 0 Å². The minimum atomic E-state index is -0.683. The third-order valence-corrected chi connectivity index (χ3v) is 12.4. The molecule has 3 heteroatoms. The molecule has 0 N–H and O–H groups in total. The van der Waals surface area contributed by atoms with E-state index in [1.54, 1.807) is 0 Å². The summed E-state index contributed by atoms with van der Waals surface area (Å²) in [6.45, 7) is 0. The van der Waals surface area contributed by atoms with Crippen molar-refractivity contribution in [3.05, 3.63) is 214 Å². The van der Waals surface area contributed by atoms with Crippen molar-refractivity contribution in [2.75, 3.05) is 0 Å². The summed E-state index contributed by atoms with van der Waals surface area (Å²) in [7, 11) is -0.683. The van der Waals surface area contributed by atoms with Crippen LogP contribution in [0.15, 0.2) is 170 Å². The van der Waals surface area contributed by atoms with Crippen LogP contribution in [0.3, 0.4) is 0 Å². The second-order valence-corrected chi connectivity index (χ2v) is 14.1. The van der Waals surface area contributed by atoms with Crippen molar-refractivity contribution < 1.29 is 0 Å². The zero-order chi connectivity index (χ0) is 30.1. The molecule has 0 radical (unpaired) electrons. The molecule has 0 amide bonds.